The Morgan fingerprint density at radius 2 is 2.09 bits per heavy atom. The molecule has 2 heterocycles. The summed E-state index contributed by atoms with van der Waals surface area (Å²) in [5.74, 6) is -0.793. The van der Waals surface area contributed by atoms with Crippen LogP contribution in [-0.2, 0) is 14.3 Å². The van der Waals surface area contributed by atoms with E-state index in [4.69, 9.17) is 14.0 Å². The van der Waals surface area contributed by atoms with Crippen molar-refractivity contribution < 1.29 is 23.9 Å². The zero-order chi connectivity index (χ0) is 15.4. The highest BCUT2D eigenvalue weighted by Gasteiger charge is 2.34. The summed E-state index contributed by atoms with van der Waals surface area (Å²) < 4.78 is 16.6. The van der Waals surface area contributed by atoms with Crippen LogP contribution in [0.25, 0.3) is 0 Å². The van der Waals surface area contributed by atoms with E-state index >= 15 is 0 Å². The number of methoxy groups -OCH3 is 1. The predicted octanol–water partition coefficient (Wildman–Crippen LogP) is 0.144. The van der Waals surface area contributed by atoms with E-state index in [0.717, 1.165) is 4.74 Å². The van der Waals surface area contributed by atoms with Gasteiger partial charge >= 0.3 is 5.97 Å². The van der Waals surface area contributed by atoms with Crippen molar-refractivity contribution in [1.29, 1.82) is 0 Å². The number of rotatable bonds is 6. The zero-order valence-electron chi connectivity index (χ0n) is 12.6. The van der Waals surface area contributed by atoms with Gasteiger partial charge in [0.05, 0.1) is 13.2 Å². The first-order chi connectivity index (χ1) is 10.0. The number of aliphatic carboxylic acids is 1. The maximum atomic E-state index is 11.8. The Kier molecular flexibility index (Phi) is 7.08. The molecular weight excluding hydrogens is 316 g/mol. The second kappa shape index (κ2) is 8.33. The molecule has 0 amide bonds. The first-order valence-electron chi connectivity index (χ1n) is 6.78. The van der Waals surface area contributed by atoms with E-state index in [-0.39, 0.29) is 12.4 Å². The van der Waals surface area contributed by atoms with Gasteiger partial charge in [-0.25, -0.2) is 4.79 Å². The Labute approximate surface area is 134 Å². The largest absolute Gasteiger partial charge is 0.480 e. The molecule has 2 rings (SSSR count). The summed E-state index contributed by atoms with van der Waals surface area (Å²) in [6, 6.07) is 0.0660. The minimum absolute atomic E-state index is 0. The summed E-state index contributed by atoms with van der Waals surface area (Å²) in [5, 5.41) is 9.45. The van der Waals surface area contributed by atoms with Crippen molar-refractivity contribution >= 4 is 18.4 Å². The third-order valence-electron chi connectivity index (χ3n) is 3.49. The number of nitrogens with zero attached hydrogens (tertiary/aromatic N) is 2. The van der Waals surface area contributed by atoms with Crippen LogP contribution in [0.1, 0.15) is 11.8 Å². The Morgan fingerprint density at radius 3 is 2.55 bits per heavy atom. The highest BCUT2D eigenvalue weighted by atomic mass is 35.5. The number of hydrogen-bond acceptors (Lipinski definition) is 6. The van der Waals surface area contributed by atoms with Gasteiger partial charge in [0.2, 0.25) is 0 Å². The van der Waals surface area contributed by atoms with E-state index in [1.165, 1.54) is 13.2 Å². The van der Waals surface area contributed by atoms with Crippen LogP contribution in [0.5, 0.6) is 0 Å². The number of aromatic nitrogens is 1. The van der Waals surface area contributed by atoms with E-state index in [1.807, 2.05) is 0 Å². The maximum absolute atomic E-state index is 11.8. The van der Waals surface area contributed by atoms with E-state index in [0.29, 0.717) is 38.6 Å². The first kappa shape index (κ1) is 18.7. The quantitative estimate of drug-likeness (QED) is 0.789. The van der Waals surface area contributed by atoms with Crippen molar-refractivity contribution in [2.45, 2.75) is 19.1 Å². The van der Waals surface area contributed by atoms with Crippen molar-refractivity contribution in [2.24, 2.45) is 0 Å². The van der Waals surface area contributed by atoms with Crippen molar-refractivity contribution in [3.63, 3.8) is 0 Å². The Balaban J connectivity index is 0.00000242. The molecule has 1 aromatic rings. The Morgan fingerprint density at radius 1 is 1.45 bits per heavy atom. The smallest absolute Gasteiger partial charge is 0.332 e. The molecule has 1 aliphatic rings. The van der Waals surface area contributed by atoms with Gasteiger partial charge in [-0.15, -0.1) is 12.4 Å². The molecule has 0 spiro atoms. The Hall–Kier alpha value is -1.35. The average Bonchev–Trinajstić information content (AvgIpc) is 2.77. The number of ether oxygens (including phenoxy) is 2. The SMILES string of the molecule is COC(CN1CCOCC1)C(C(=O)O)n1oc(C)cc1=O.Cl. The number of aryl methyl sites for hydroxylation is 1. The molecule has 1 N–H and O–H groups in total. The molecule has 0 aliphatic carbocycles. The molecule has 126 valence electrons. The van der Waals surface area contributed by atoms with Gasteiger partial charge in [0.1, 0.15) is 11.9 Å². The normalized spacial score (nSPS) is 18.5. The molecule has 1 saturated heterocycles. The number of carbonyl (C=O) groups is 1. The first-order valence-corrected chi connectivity index (χ1v) is 6.78. The fourth-order valence-corrected chi connectivity index (χ4v) is 2.41. The summed E-state index contributed by atoms with van der Waals surface area (Å²) >= 11 is 0. The minimum atomic E-state index is -1.20. The van der Waals surface area contributed by atoms with Crippen molar-refractivity contribution in [2.75, 3.05) is 40.0 Å². The fourth-order valence-electron chi connectivity index (χ4n) is 2.41. The lowest BCUT2D eigenvalue weighted by atomic mass is 10.1. The van der Waals surface area contributed by atoms with Crippen LogP contribution >= 0.6 is 12.4 Å². The fraction of sp³-hybridized carbons (Fsp3) is 0.692. The molecule has 0 saturated carbocycles. The van der Waals surface area contributed by atoms with Crippen molar-refractivity contribution in [3.05, 3.63) is 22.2 Å². The highest BCUT2D eigenvalue weighted by Crippen LogP contribution is 2.16. The van der Waals surface area contributed by atoms with Gasteiger partial charge in [0.15, 0.2) is 6.04 Å². The molecule has 22 heavy (non-hydrogen) atoms. The standard InChI is InChI=1S/C13H20N2O6.ClH/c1-9-7-11(16)15(21-9)12(13(17)18)10(19-2)8-14-3-5-20-6-4-14;/h7,10,12H,3-6,8H2,1-2H3,(H,17,18);1H. The molecule has 0 bridgehead atoms. The summed E-state index contributed by atoms with van der Waals surface area (Å²) in [5.41, 5.74) is -0.482. The van der Waals surface area contributed by atoms with Crippen LogP contribution in [0.3, 0.4) is 0 Å². The topological polar surface area (TPSA) is 94.1 Å². The van der Waals surface area contributed by atoms with E-state index < -0.39 is 23.7 Å². The molecule has 9 heteroatoms. The van der Waals surface area contributed by atoms with E-state index in [1.54, 1.807) is 6.92 Å². The van der Waals surface area contributed by atoms with Crippen LogP contribution in [-0.4, -0.2) is 66.8 Å². The average molecular weight is 337 g/mol. The van der Waals surface area contributed by atoms with Gasteiger partial charge in [0.25, 0.3) is 5.56 Å². The third-order valence-corrected chi connectivity index (χ3v) is 3.49. The summed E-state index contributed by atoms with van der Waals surface area (Å²) in [6.07, 6.45) is -0.691. The molecule has 1 fully saturated rings. The van der Waals surface area contributed by atoms with Gasteiger partial charge in [-0.1, -0.05) is 0 Å². The van der Waals surface area contributed by atoms with E-state index in [2.05, 4.69) is 4.90 Å². The van der Waals surface area contributed by atoms with Crippen LogP contribution in [0, 0.1) is 6.92 Å². The number of carboxylic acid groups (broad SMARTS) is 1. The number of halogens is 1. The molecule has 2 unspecified atom stereocenters. The summed E-state index contributed by atoms with van der Waals surface area (Å²) in [4.78, 5) is 25.4. The molecule has 0 aromatic carbocycles. The van der Waals surface area contributed by atoms with Crippen LogP contribution in [0.2, 0.25) is 0 Å². The van der Waals surface area contributed by atoms with E-state index in [9.17, 15) is 14.7 Å². The Bertz CT molecular complexity index is 537. The van der Waals surface area contributed by atoms with Gasteiger partial charge in [-0.3, -0.25) is 9.69 Å². The maximum Gasteiger partial charge on any atom is 0.332 e. The number of hydrogen-bond donors (Lipinski definition) is 1. The lowest BCUT2D eigenvalue weighted by molar-refractivity contribution is -0.149. The number of morpholine rings is 1. The molecule has 1 aromatic heterocycles. The van der Waals surface area contributed by atoms with Gasteiger partial charge < -0.3 is 19.1 Å². The predicted molar refractivity (Wildman–Crippen MR) is 79.7 cm³/mol. The second-order valence-corrected chi connectivity index (χ2v) is 4.98. The zero-order valence-corrected chi connectivity index (χ0v) is 13.4. The third kappa shape index (κ3) is 4.33. The summed E-state index contributed by atoms with van der Waals surface area (Å²) in [6.45, 7) is 4.61. The molecule has 0 radical (unpaired) electrons. The van der Waals surface area contributed by atoms with Crippen molar-refractivity contribution in [3.8, 4) is 0 Å². The lowest BCUT2D eigenvalue weighted by Gasteiger charge is -2.31. The minimum Gasteiger partial charge on any atom is -0.480 e. The molecule has 8 nitrogen and oxygen atoms in total. The molecule has 1 aliphatic heterocycles. The van der Waals surface area contributed by atoms with Gasteiger partial charge in [0, 0.05) is 32.8 Å². The molecular formula is C13H21ClN2O6. The van der Waals surface area contributed by atoms with Gasteiger partial charge in [-0.05, 0) is 6.92 Å². The lowest BCUT2D eigenvalue weighted by Crippen LogP contribution is -2.47. The van der Waals surface area contributed by atoms with Crippen LogP contribution < -0.4 is 5.56 Å². The summed E-state index contributed by atoms with van der Waals surface area (Å²) in [7, 11) is 1.43. The van der Waals surface area contributed by atoms with Crippen LogP contribution in [0.15, 0.2) is 15.4 Å². The highest BCUT2D eigenvalue weighted by molar-refractivity contribution is 5.85. The number of carboxylic acids is 1. The monoisotopic (exact) mass is 336 g/mol. The second-order valence-electron chi connectivity index (χ2n) is 4.98. The van der Waals surface area contributed by atoms with Crippen molar-refractivity contribution in [1.82, 2.24) is 9.64 Å². The molecule has 2 atom stereocenters. The van der Waals surface area contributed by atoms with Crippen LogP contribution in [0.4, 0.5) is 0 Å². The van der Waals surface area contributed by atoms with Gasteiger partial charge in [-0.2, -0.15) is 4.74 Å².